The van der Waals surface area contributed by atoms with Crippen LogP contribution in [-0.2, 0) is 32.2 Å². The van der Waals surface area contributed by atoms with Gasteiger partial charge in [0.2, 0.25) is 5.91 Å². The van der Waals surface area contributed by atoms with Crippen LogP contribution in [0, 0.1) is 0 Å². The predicted octanol–water partition coefficient (Wildman–Crippen LogP) is 4.09. The number of aliphatic hydroxyl groups excluding tert-OH is 1. The van der Waals surface area contributed by atoms with Crippen LogP contribution in [0.4, 0.5) is 0 Å². The number of hydrogen-bond donors (Lipinski definition) is 4. The average molecular weight is 567 g/mol. The Morgan fingerprint density at radius 2 is 1.62 bits per heavy atom. The smallest absolute Gasteiger partial charge is 0.338 e. The van der Waals surface area contributed by atoms with Crippen LogP contribution >= 0.6 is 11.8 Å². The van der Waals surface area contributed by atoms with E-state index >= 15 is 0 Å². The molecule has 1 fully saturated rings. The number of aromatic nitrogens is 1. The zero-order valence-corrected chi connectivity index (χ0v) is 22.4. The van der Waals surface area contributed by atoms with Crippen LogP contribution in [0.5, 0.6) is 0 Å². The van der Waals surface area contributed by atoms with Crippen molar-refractivity contribution in [3.05, 3.63) is 94.7 Å². The molecule has 1 amide bonds. The third kappa shape index (κ3) is 8.12. The normalized spacial score (nSPS) is 18.7. The van der Waals surface area contributed by atoms with E-state index in [1.165, 1.54) is 17.8 Å². The summed E-state index contributed by atoms with van der Waals surface area (Å²) in [6.07, 6.45) is 0.535. The van der Waals surface area contributed by atoms with E-state index < -0.39 is 18.2 Å². The number of nitrogens with one attached hydrogen (secondary N) is 1. The number of carbonyl (C=O) groups excluding carboxylic acids is 1. The van der Waals surface area contributed by atoms with Crippen LogP contribution in [0.1, 0.15) is 64.3 Å². The second-order valence-corrected chi connectivity index (χ2v) is 10.2. The topological polar surface area (TPSA) is 155 Å². The zero-order valence-electron chi connectivity index (χ0n) is 21.6. The Labute approximate surface area is 235 Å². The summed E-state index contributed by atoms with van der Waals surface area (Å²) >= 11 is 1.32. The molecule has 1 aliphatic heterocycles. The number of ether oxygens (including phenoxy) is 2. The van der Waals surface area contributed by atoms with E-state index in [0.717, 1.165) is 22.3 Å². The largest absolute Gasteiger partial charge is 0.481 e. The molecule has 1 saturated heterocycles. The lowest BCUT2D eigenvalue weighted by Crippen LogP contribution is -2.31. The number of pyridine rings is 1. The molecule has 0 aliphatic carbocycles. The molecular weight excluding hydrogens is 536 g/mol. The molecule has 1 aromatic heterocycles. The van der Waals surface area contributed by atoms with Crippen LogP contribution in [-0.4, -0.2) is 50.0 Å². The van der Waals surface area contributed by atoms with Gasteiger partial charge in [-0.2, -0.15) is 0 Å². The highest BCUT2D eigenvalue weighted by atomic mass is 32.2. The first-order valence-electron chi connectivity index (χ1n) is 12.7. The first-order valence-corrected chi connectivity index (χ1v) is 13.7. The Morgan fingerprint density at radius 3 is 2.30 bits per heavy atom. The summed E-state index contributed by atoms with van der Waals surface area (Å²) in [6.45, 7) is 0.208. The summed E-state index contributed by atoms with van der Waals surface area (Å²) in [6, 6.07) is 18.0. The van der Waals surface area contributed by atoms with Crippen LogP contribution < -0.4 is 5.32 Å². The Morgan fingerprint density at radius 1 is 0.925 bits per heavy atom. The number of amides is 1. The monoisotopic (exact) mass is 566 g/mol. The van der Waals surface area contributed by atoms with Crippen molar-refractivity contribution in [1.29, 1.82) is 0 Å². The first kappa shape index (κ1) is 29.2. The Kier molecular flexibility index (Phi) is 10.3. The lowest BCUT2D eigenvalue weighted by Gasteiger charge is -2.36. The van der Waals surface area contributed by atoms with Gasteiger partial charge in [0.1, 0.15) is 5.03 Å². The molecule has 4 N–H and O–H groups in total. The molecule has 0 spiro atoms. The highest BCUT2D eigenvalue weighted by molar-refractivity contribution is 7.99. The second-order valence-electron chi connectivity index (χ2n) is 9.23. The molecular formula is C29H30N2O8S. The molecule has 0 radical (unpaired) electrons. The van der Waals surface area contributed by atoms with E-state index in [2.05, 4.69) is 10.3 Å². The zero-order chi connectivity index (χ0) is 28.5. The van der Waals surface area contributed by atoms with Gasteiger partial charge in [-0.15, -0.1) is 11.8 Å². The highest BCUT2D eigenvalue weighted by Crippen LogP contribution is 2.39. The molecule has 1 aliphatic rings. The molecule has 0 bridgehead atoms. The summed E-state index contributed by atoms with van der Waals surface area (Å²) in [5.74, 6) is -1.93. The molecule has 11 heteroatoms. The maximum absolute atomic E-state index is 11.8. The number of thioether (sulfide) groups is 1. The van der Waals surface area contributed by atoms with Gasteiger partial charge in [0, 0.05) is 36.9 Å². The van der Waals surface area contributed by atoms with Crippen molar-refractivity contribution < 1.29 is 39.2 Å². The van der Waals surface area contributed by atoms with E-state index in [1.54, 1.807) is 12.3 Å². The Bertz CT molecular complexity index is 1320. The van der Waals surface area contributed by atoms with Gasteiger partial charge in [0.25, 0.3) is 0 Å². The van der Waals surface area contributed by atoms with Crippen LogP contribution in [0.2, 0.25) is 0 Å². The van der Waals surface area contributed by atoms with Gasteiger partial charge in [0.15, 0.2) is 6.29 Å². The number of carboxylic acids is 2. The third-order valence-electron chi connectivity index (χ3n) is 6.33. The van der Waals surface area contributed by atoms with Gasteiger partial charge >= 0.3 is 11.9 Å². The van der Waals surface area contributed by atoms with E-state index in [0.29, 0.717) is 17.2 Å². The number of aromatic carboxylic acids is 1. The summed E-state index contributed by atoms with van der Waals surface area (Å²) in [5.41, 5.74) is 3.48. The van der Waals surface area contributed by atoms with E-state index in [9.17, 15) is 24.6 Å². The fourth-order valence-electron chi connectivity index (χ4n) is 4.17. The molecule has 40 heavy (non-hydrogen) atoms. The van der Waals surface area contributed by atoms with Gasteiger partial charge in [-0.05, 0) is 28.8 Å². The third-order valence-corrected chi connectivity index (χ3v) is 7.47. The highest BCUT2D eigenvalue weighted by Gasteiger charge is 2.32. The maximum Gasteiger partial charge on any atom is 0.338 e. The Balaban J connectivity index is 1.46. The summed E-state index contributed by atoms with van der Waals surface area (Å²) in [4.78, 5) is 38.3. The minimum atomic E-state index is -1.04. The van der Waals surface area contributed by atoms with Gasteiger partial charge in [-0.3, -0.25) is 9.59 Å². The first-order chi connectivity index (χ1) is 19.3. The number of rotatable bonds is 12. The standard InChI is InChI=1S/C29H30N2O8S/c32-16-19-5-7-20(8-6-19)24-14-22(17-40-27-23(28(36)37)2-1-13-30-27)38-29(39-24)21-9-3-18(4-10-21)15-31-25(33)11-12-26(34)35/h1-10,13,22,24,29,32H,11-12,14-17H2,(H,31,33)(H,34,35)(H,36,37)/t22-,24+,29+/m0/s1. The second kappa shape index (κ2) is 14.0. The van der Waals surface area contributed by atoms with Crippen LogP contribution in [0.3, 0.4) is 0 Å². The molecule has 210 valence electrons. The molecule has 2 aromatic carbocycles. The minimum Gasteiger partial charge on any atom is -0.481 e. The number of nitrogens with zero attached hydrogens (tertiary/aromatic N) is 1. The quantitative estimate of drug-likeness (QED) is 0.236. The van der Waals surface area contributed by atoms with Gasteiger partial charge < -0.3 is 30.1 Å². The number of aliphatic hydroxyl groups is 1. The van der Waals surface area contributed by atoms with Crippen molar-refractivity contribution >= 4 is 29.6 Å². The average Bonchev–Trinajstić information content (AvgIpc) is 2.98. The molecule has 3 atom stereocenters. The molecule has 2 heterocycles. The molecule has 10 nitrogen and oxygen atoms in total. The van der Waals surface area contributed by atoms with E-state index in [1.807, 2.05) is 48.5 Å². The van der Waals surface area contributed by atoms with Gasteiger partial charge in [0.05, 0.1) is 30.8 Å². The number of benzene rings is 2. The summed E-state index contributed by atoms with van der Waals surface area (Å²) < 4.78 is 12.6. The van der Waals surface area contributed by atoms with Crippen molar-refractivity contribution in [2.24, 2.45) is 0 Å². The van der Waals surface area contributed by atoms with Crippen molar-refractivity contribution in [2.75, 3.05) is 5.75 Å². The lowest BCUT2D eigenvalue weighted by atomic mass is 10.0. The van der Waals surface area contributed by atoms with Gasteiger partial charge in [-0.25, -0.2) is 9.78 Å². The van der Waals surface area contributed by atoms with Crippen molar-refractivity contribution in [3.8, 4) is 0 Å². The predicted molar refractivity (Wildman–Crippen MR) is 146 cm³/mol. The van der Waals surface area contributed by atoms with Crippen molar-refractivity contribution in [3.63, 3.8) is 0 Å². The SMILES string of the molecule is O=C(O)CCC(=O)NCc1ccc([C@@H]2O[C@H](CSc3ncccc3C(=O)O)C[C@H](c3ccc(CO)cc3)O2)cc1. The molecule has 3 aromatic rings. The molecule has 0 saturated carbocycles. The fraction of sp³-hybridized carbons (Fsp3) is 0.310. The van der Waals surface area contributed by atoms with Crippen molar-refractivity contribution in [2.45, 2.75) is 55.9 Å². The molecule has 4 rings (SSSR count). The number of aliphatic carboxylic acids is 1. The number of carboxylic acid groups (broad SMARTS) is 2. The van der Waals surface area contributed by atoms with Crippen LogP contribution in [0.15, 0.2) is 71.9 Å². The van der Waals surface area contributed by atoms with E-state index in [-0.39, 0.29) is 49.7 Å². The summed E-state index contributed by atoms with van der Waals surface area (Å²) in [7, 11) is 0. The fourth-order valence-corrected chi connectivity index (χ4v) is 5.17. The number of carbonyl (C=O) groups is 3. The van der Waals surface area contributed by atoms with Gasteiger partial charge in [-0.1, -0.05) is 48.5 Å². The number of hydrogen-bond acceptors (Lipinski definition) is 8. The van der Waals surface area contributed by atoms with Crippen LogP contribution in [0.25, 0.3) is 0 Å². The Hall–Kier alpha value is -3.77. The minimum absolute atomic E-state index is 0.0564. The lowest BCUT2D eigenvalue weighted by molar-refractivity contribution is -0.245. The maximum atomic E-state index is 11.8. The molecule has 0 unspecified atom stereocenters. The van der Waals surface area contributed by atoms with Crippen molar-refractivity contribution in [1.82, 2.24) is 10.3 Å². The van der Waals surface area contributed by atoms with E-state index in [4.69, 9.17) is 14.6 Å². The summed E-state index contributed by atoms with van der Waals surface area (Å²) in [5, 5.41) is 30.7.